The van der Waals surface area contributed by atoms with Gasteiger partial charge in [-0.05, 0) is 36.8 Å². The van der Waals surface area contributed by atoms with Crippen LogP contribution in [0.4, 0.5) is 10.1 Å². The fourth-order valence-corrected chi connectivity index (χ4v) is 2.23. The van der Waals surface area contributed by atoms with Crippen LogP contribution in [0.15, 0.2) is 42.5 Å². The van der Waals surface area contributed by atoms with Gasteiger partial charge in [-0.2, -0.15) is 0 Å². The fourth-order valence-electron chi connectivity index (χ4n) is 1.91. The number of esters is 1. The Morgan fingerprint density at radius 2 is 1.88 bits per heavy atom. The molecule has 7 heteroatoms. The van der Waals surface area contributed by atoms with Crippen molar-refractivity contribution in [3.8, 4) is 0 Å². The van der Waals surface area contributed by atoms with Gasteiger partial charge in [0, 0.05) is 0 Å². The summed E-state index contributed by atoms with van der Waals surface area (Å²) in [6, 6.07) is 10.5. The molecule has 0 radical (unpaired) electrons. The highest BCUT2D eigenvalue weighted by atomic mass is 35.5. The molecule has 4 nitrogen and oxygen atoms in total. The van der Waals surface area contributed by atoms with Gasteiger partial charge in [0.05, 0.1) is 22.2 Å². The maximum Gasteiger partial charge on any atom is 0.311 e. The Labute approximate surface area is 148 Å². The number of ether oxygens (including phenoxy) is 1. The van der Waals surface area contributed by atoms with Crippen molar-refractivity contribution in [2.75, 3.05) is 5.32 Å². The van der Waals surface area contributed by atoms with Crippen molar-refractivity contribution in [1.29, 1.82) is 0 Å². The number of carbonyl (C=O) groups is 2. The number of benzene rings is 2. The van der Waals surface area contributed by atoms with Crippen molar-refractivity contribution in [1.82, 2.24) is 0 Å². The summed E-state index contributed by atoms with van der Waals surface area (Å²) >= 11 is 11.7. The zero-order valence-corrected chi connectivity index (χ0v) is 14.2. The summed E-state index contributed by atoms with van der Waals surface area (Å²) in [5.41, 5.74) is 0.631. The Kier molecular flexibility index (Phi) is 6.17. The molecule has 0 bridgehead atoms. The van der Waals surface area contributed by atoms with Crippen LogP contribution in [0, 0.1) is 5.82 Å². The molecule has 2 aromatic rings. The zero-order valence-electron chi connectivity index (χ0n) is 12.7. The summed E-state index contributed by atoms with van der Waals surface area (Å²) in [5.74, 6) is -1.80. The van der Waals surface area contributed by atoms with Gasteiger partial charge in [-0.3, -0.25) is 9.59 Å². The first-order valence-electron chi connectivity index (χ1n) is 7.05. The van der Waals surface area contributed by atoms with Gasteiger partial charge >= 0.3 is 5.97 Å². The van der Waals surface area contributed by atoms with E-state index in [9.17, 15) is 14.0 Å². The SMILES string of the molecule is C[C@@H](OC(=O)Cc1ccc(Cl)c(Cl)c1)C(=O)Nc1ccccc1F. The summed E-state index contributed by atoms with van der Waals surface area (Å²) in [6.07, 6.45) is -1.13. The topological polar surface area (TPSA) is 55.4 Å². The van der Waals surface area contributed by atoms with Gasteiger partial charge in [0.1, 0.15) is 5.82 Å². The molecule has 0 fully saturated rings. The van der Waals surface area contributed by atoms with Gasteiger partial charge in [-0.15, -0.1) is 0 Å². The average molecular weight is 370 g/mol. The summed E-state index contributed by atoms with van der Waals surface area (Å²) in [7, 11) is 0. The molecule has 1 atom stereocenters. The molecule has 0 aliphatic rings. The molecule has 0 saturated carbocycles. The van der Waals surface area contributed by atoms with Crippen molar-refractivity contribution in [2.24, 2.45) is 0 Å². The van der Waals surface area contributed by atoms with Crippen LogP contribution in [0.2, 0.25) is 10.0 Å². The van der Waals surface area contributed by atoms with E-state index in [0.717, 1.165) is 0 Å². The first-order chi connectivity index (χ1) is 11.4. The van der Waals surface area contributed by atoms with Crippen LogP contribution in [0.5, 0.6) is 0 Å². The molecule has 2 aromatic carbocycles. The van der Waals surface area contributed by atoms with E-state index in [1.54, 1.807) is 24.3 Å². The largest absolute Gasteiger partial charge is 0.452 e. The third kappa shape index (κ3) is 4.94. The van der Waals surface area contributed by atoms with Crippen LogP contribution < -0.4 is 5.32 Å². The number of halogens is 3. The molecule has 0 heterocycles. The van der Waals surface area contributed by atoms with Crippen molar-refractivity contribution in [2.45, 2.75) is 19.4 Å². The molecule has 1 N–H and O–H groups in total. The molecule has 0 aromatic heterocycles. The van der Waals surface area contributed by atoms with Crippen molar-refractivity contribution < 1.29 is 18.7 Å². The molecular weight excluding hydrogens is 356 g/mol. The summed E-state index contributed by atoms with van der Waals surface area (Å²) in [6.45, 7) is 1.41. The lowest BCUT2D eigenvalue weighted by atomic mass is 10.1. The molecule has 0 aliphatic heterocycles. The second-order valence-corrected chi connectivity index (χ2v) is 5.84. The minimum atomic E-state index is -1.07. The minimum absolute atomic E-state index is 0.0230. The Morgan fingerprint density at radius 3 is 2.54 bits per heavy atom. The number of para-hydroxylation sites is 1. The minimum Gasteiger partial charge on any atom is -0.452 e. The summed E-state index contributed by atoms with van der Waals surface area (Å²) in [4.78, 5) is 23.8. The van der Waals surface area contributed by atoms with Crippen LogP contribution in [-0.2, 0) is 20.7 Å². The lowest BCUT2D eigenvalue weighted by molar-refractivity contribution is -0.152. The second kappa shape index (κ2) is 8.13. The van der Waals surface area contributed by atoms with Crippen LogP contribution in [0.1, 0.15) is 12.5 Å². The Bertz CT molecular complexity index is 767. The standard InChI is InChI=1S/C17H14Cl2FNO3/c1-10(17(23)21-15-5-3-2-4-14(15)20)24-16(22)9-11-6-7-12(18)13(19)8-11/h2-8,10H,9H2,1H3,(H,21,23)/t10-/m1/s1. The van der Waals surface area contributed by atoms with Crippen LogP contribution in [0.25, 0.3) is 0 Å². The van der Waals surface area contributed by atoms with Gasteiger partial charge in [-0.25, -0.2) is 4.39 Å². The van der Waals surface area contributed by atoms with E-state index in [0.29, 0.717) is 15.6 Å². The van der Waals surface area contributed by atoms with E-state index < -0.39 is 23.8 Å². The zero-order chi connectivity index (χ0) is 17.7. The number of amides is 1. The first kappa shape index (κ1) is 18.2. The molecule has 0 spiro atoms. The van der Waals surface area contributed by atoms with E-state index in [-0.39, 0.29) is 12.1 Å². The normalized spacial score (nSPS) is 11.7. The monoisotopic (exact) mass is 369 g/mol. The molecular formula is C17H14Cl2FNO3. The molecule has 1 amide bonds. The lowest BCUT2D eigenvalue weighted by Crippen LogP contribution is -2.30. The Morgan fingerprint density at radius 1 is 1.17 bits per heavy atom. The highest BCUT2D eigenvalue weighted by molar-refractivity contribution is 6.42. The summed E-state index contributed by atoms with van der Waals surface area (Å²) < 4.78 is 18.5. The maximum absolute atomic E-state index is 13.5. The van der Waals surface area contributed by atoms with Gasteiger partial charge in [0.2, 0.25) is 0 Å². The Hall–Kier alpha value is -2.11. The molecule has 0 saturated heterocycles. The number of carbonyl (C=O) groups excluding carboxylic acids is 2. The first-order valence-corrected chi connectivity index (χ1v) is 7.81. The number of nitrogens with one attached hydrogen (secondary N) is 1. The highest BCUT2D eigenvalue weighted by Crippen LogP contribution is 2.23. The lowest BCUT2D eigenvalue weighted by Gasteiger charge is -2.14. The number of hydrogen-bond acceptors (Lipinski definition) is 3. The van der Waals surface area contributed by atoms with E-state index in [2.05, 4.69) is 5.32 Å². The van der Waals surface area contributed by atoms with E-state index in [4.69, 9.17) is 27.9 Å². The summed E-state index contributed by atoms with van der Waals surface area (Å²) in [5, 5.41) is 3.07. The molecule has 24 heavy (non-hydrogen) atoms. The molecule has 0 aliphatic carbocycles. The second-order valence-electron chi connectivity index (χ2n) is 5.03. The molecule has 0 unspecified atom stereocenters. The predicted molar refractivity (Wildman–Crippen MR) is 90.7 cm³/mol. The van der Waals surface area contributed by atoms with E-state index in [1.807, 2.05) is 0 Å². The smallest absolute Gasteiger partial charge is 0.311 e. The van der Waals surface area contributed by atoms with Crippen molar-refractivity contribution in [3.63, 3.8) is 0 Å². The number of anilines is 1. The van der Waals surface area contributed by atoms with Crippen molar-refractivity contribution >= 4 is 40.8 Å². The predicted octanol–water partition coefficient (Wildman–Crippen LogP) is 4.25. The molecule has 2 rings (SSSR count). The highest BCUT2D eigenvalue weighted by Gasteiger charge is 2.19. The van der Waals surface area contributed by atoms with E-state index in [1.165, 1.54) is 25.1 Å². The van der Waals surface area contributed by atoms with E-state index >= 15 is 0 Å². The third-order valence-corrected chi connectivity index (χ3v) is 3.88. The maximum atomic E-state index is 13.5. The van der Waals surface area contributed by atoms with Gasteiger partial charge in [-0.1, -0.05) is 41.4 Å². The van der Waals surface area contributed by atoms with Crippen molar-refractivity contribution in [3.05, 3.63) is 63.9 Å². The average Bonchev–Trinajstić information content (AvgIpc) is 2.53. The van der Waals surface area contributed by atoms with Gasteiger partial charge in [0.15, 0.2) is 6.10 Å². The third-order valence-electron chi connectivity index (χ3n) is 3.14. The fraction of sp³-hybridized carbons (Fsp3) is 0.176. The van der Waals surface area contributed by atoms with Gasteiger partial charge in [0.25, 0.3) is 5.91 Å². The van der Waals surface area contributed by atoms with Crippen LogP contribution in [-0.4, -0.2) is 18.0 Å². The molecule has 126 valence electrons. The van der Waals surface area contributed by atoms with Crippen LogP contribution in [0.3, 0.4) is 0 Å². The Balaban J connectivity index is 1.92. The number of rotatable bonds is 5. The quantitative estimate of drug-likeness (QED) is 0.801. The van der Waals surface area contributed by atoms with Gasteiger partial charge < -0.3 is 10.1 Å². The van der Waals surface area contributed by atoms with Crippen LogP contribution >= 0.6 is 23.2 Å². The number of hydrogen-bond donors (Lipinski definition) is 1.